The zero-order valence-corrected chi connectivity index (χ0v) is 18.5. The molecule has 0 spiro atoms. The van der Waals surface area contributed by atoms with Crippen LogP contribution in [0.1, 0.15) is 54.4 Å². The van der Waals surface area contributed by atoms with Crippen LogP contribution in [0.3, 0.4) is 0 Å². The molecule has 3 aromatic carbocycles. The lowest BCUT2D eigenvalue weighted by Gasteiger charge is -2.18. The number of hydrogen-bond acceptors (Lipinski definition) is 3. The van der Waals surface area contributed by atoms with E-state index in [2.05, 4.69) is 61.5 Å². The van der Waals surface area contributed by atoms with Gasteiger partial charge in [0.25, 0.3) is 0 Å². The second-order valence-corrected chi connectivity index (χ2v) is 8.36. The maximum Gasteiger partial charge on any atom is 0.391 e. The van der Waals surface area contributed by atoms with Crippen LogP contribution in [0.5, 0.6) is 5.75 Å². The van der Waals surface area contributed by atoms with Gasteiger partial charge in [-0.1, -0.05) is 80.1 Å². The van der Waals surface area contributed by atoms with Crippen LogP contribution in [0.15, 0.2) is 78.9 Å². The van der Waals surface area contributed by atoms with Crippen LogP contribution in [0.2, 0.25) is 0 Å². The highest BCUT2D eigenvalue weighted by atomic mass is 31.2. The van der Waals surface area contributed by atoms with Crippen LogP contribution in [0.25, 0.3) is 0 Å². The van der Waals surface area contributed by atoms with Crippen LogP contribution < -0.4 is 4.52 Å². The van der Waals surface area contributed by atoms with E-state index in [4.69, 9.17) is 14.3 Å². The summed E-state index contributed by atoms with van der Waals surface area (Å²) in [7, 11) is -2.37. The summed E-state index contributed by atoms with van der Waals surface area (Å²) in [6.45, 7) is 2.23. The van der Waals surface area contributed by atoms with Crippen LogP contribution >= 0.6 is 8.60 Å². The van der Waals surface area contributed by atoms with Gasteiger partial charge in [-0.3, -0.25) is 0 Å². The topological polar surface area (TPSA) is 49.7 Å². The first-order chi connectivity index (χ1) is 14.7. The molecule has 0 aliphatic heterocycles. The van der Waals surface area contributed by atoms with E-state index in [0.29, 0.717) is 11.7 Å². The molecule has 0 fully saturated rings. The molecule has 0 saturated heterocycles. The molecule has 3 aromatic rings. The molecule has 158 valence electrons. The second kappa shape index (κ2) is 11.9. The minimum Gasteiger partial charge on any atom is -0.427 e. The van der Waals surface area contributed by atoms with Gasteiger partial charge in [-0.05, 0) is 72.4 Å². The molecule has 1 atom stereocenters. The normalized spacial score (nSPS) is 12.1. The summed E-state index contributed by atoms with van der Waals surface area (Å²) in [6, 6.07) is 27.2. The summed E-state index contributed by atoms with van der Waals surface area (Å²) in [5.74, 6) is 0.952. The van der Waals surface area contributed by atoms with Crippen molar-refractivity contribution in [2.75, 3.05) is 0 Å². The Morgan fingerprint density at radius 1 is 0.800 bits per heavy atom. The van der Waals surface area contributed by atoms with Crippen molar-refractivity contribution in [2.24, 2.45) is 0 Å². The Morgan fingerprint density at radius 3 is 2.13 bits per heavy atom. The summed E-state index contributed by atoms with van der Waals surface area (Å²) in [5.41, 5.74) is 5.56. The predicted molar refractivity (Wildman–Crippen MR) is 125 cm³/mol. The first kappa shape index (κ1) is 22.5. The van der Waals surface area contributed by atoms with Gasteiger partial charge in [0.2, 0.25) is 0 Å². The Kier molecular flexibility index (Phi) is 8.89. The smallest absolute Gasteiger partial charge is 0.391 e. The van der Waals surface area contributed by atoms with Crippen LogP contribution in [-0.2, 0) is 19.3 Å². The highest BCUT2D eigenvalue weighted by molar-refractivity contribution is 7.39. The van der Waals surface area contributed by atoms with Crippen molar-refractivity contribution >= 4 is 8.60 Å². The number of hydrogen-bond donors (Lipinski definition) is 2. The van der Waals surface area contributed by atoms with Gasteiger partial charge in [-0.2, -0.15) is 0 Å². The molecule has 0 bridgehead atoms. The first-order valence-electron chi connectivity index (χ1n) is 10.7. The highest BCUT2D eigenvalue weighted by Crippen LogP contribution is 2.31. The van der Waals surface area contributed by atoms with Crippen molar-refractivity contribution in [1.82, 2.24) is 0 Å². The summed E-state index contributed by atoms with van der Waals surface area (Å²) < 4.78 is 4.98. The minimum atomic E-state index is -2.37. The predicted octanol–water partition coefficient (Wildman–Crippen LogP) is 6.58. The Labute approximate surface area is 181 Å². The average Bonchev–Trinajstić information content (AvgIpc) is 2.77. The van der Waals surface area contributed by atoms with Crippen molar-refractivity contribution in [2.45, 2.75) is 51.4 Å². The highest BCUT2D eigenvalue weighted by Gasteiger charge is 2.13. The molecule has 1 unspecified atom stereocenters. The van der Waals surface area contributed by atoms with E-state index in [1.54, 1.807) is 12.1 Å². The van der Waals surface area contributed by atoms with E-state index in [0.717, 1.165) is 25.7 Å². The van der Waals surface area contributed by atoms with E-state index in [1.165, 1.54) is 35.1 Å². The van der Waals surface area contributed by atoms with Crippen molar-refractivity contribution in [3.63, 3.8) is 0 Å². The van der Waals surface area contributed by atoms with Gasteiger partial charge in [-0.25, -0.2) is 0 Å². The molecule has 0 aliphatic carbocycles. The zero-order chi connectivity index (χ0) is 21.2. The van der Waals surface area contributed by atoms with Gasteiger partial charge in [-0.15, -0.1) is 0 Å². The average molecular weight is 423 g/mol. The van der Waals surface area contributed by atoms with Crippen LogP contribution in [-0.4, -0.2) is 9.79 Å². The molecular weight excluding hydrogens is 391 g/mol. The fourth-order valence-corrected chi connectivity index (χ4v) is 4.34. The molecule has 0 aliphatic rings. The van der Waals surface area contributed by atoms with Crippen LogP contribution in [0, 0.1) is 0 Å². The molecule has 2 N–H and O–H groups in total. The van der Waals surface area contributed by atoms with Gasteiger partial charge < -0.3 is 14.3 Å². The van der Waals surface area contributed by atoms with Crippen LogP contribution in [0.4, 0.5) is 0 Å². The van der Waals surface area contributed by atoms with E-state index in [-0.39, 0.29) is 0 Å². The Morgan fingerprint density at radius 2 is 1.47 bits per heavy atom. The molecule has 30 heavy (non-hydrogen) atoms. The molecule has 3 rings (SSSR count). The number of aryl methyl sites for hydroxylation is 2. The van der Waals surface area contributed by atoms with Gasteiger partial charge in [0.15, 0.2) is 0 Å². The van der Waals surface area contributed by atoms with Gasteiger partial charge in [0.1, 0.15) is 5.75 Å². The molecule has 0 radical (unpaired) electrons. The quantitative estimate of drug-likeness (QED) is 0.271. The standard InChI is InChI=1S/C26H31O3P/c1-2-22-10-6-7-13-23(22)14-8-9-15-25(24-11-4-3-5-12-24)20-21-16-18-26(19-17-21)29-30(27)28/h3-7,10-13,16-19,25,27-28H,2,8-9,14-15,20H2,1H3. The first-order valence-corrected chi connectivity index (χ1v) is 11.9. The van der Waals surface area contributed by atoms with E-state index < -0.39 is 8.60 Å². The Bertz CT molecular complexity index is 878. The van der Waals surface area contributed by atoms with Crippen molar-refractivity contribution in [3.8, 4) is 5.75 Å². The van der Waals surface area contributed by atoms with Gasteiger partial charge in [0, 0.05) is 0 Å². The third-order valence-corrected chi connectivity index (χ3v) is 5.99. The van der Waals surface area contributed by atoms with E-state index >= 15 is 0 Å². The SMILES string of the molecule is CCc1ccccc1CCCCC(Cc1ccc(OP(O)O)cc1)c1ccccc1. The van der Waals surface area contributed by atoms with Gasteiger partial charge in [0.05, 0.1) is 0 Å². The lowest BCUT2D eigenvalue weighted by atomic mass is 9.87. The van der Waals surface area contributed by atoms with E-state index in [1.807, 2.05) is 12.1 Å². The number of benzene rings is 3. The maximum atomic E-state index is 9.00. The number of rotatable bonds is 11. The van der Waals surface area contributed by atoms with Gasteiger partial charge >= 0.3 is 8.60 Å². The van der Waals surface area contributed by atoms with Crippen molar-refractivity contribution in [3.05, 3.63) is 101 Å². The van der Waals surface area contributed by atoms with Crippen molar-refractivity contribution < 1.29 is 14.3 Å². The molecule has 4 heteroatoms. The molecule has 0 aromatic heterocycles. The maximum absolute atomic E-state index is 9.00. The van der Waals surface area contributed by atoms with E-state index in [9.17, 15) is 0 Å². The molecular formula is C26H31O3P. The monoisotopic (exact) mass is 422 g/mol. The van der Waals surface area contributed by atoms with Crippen molar-refractivity contribution in [1.29, 1.82) is 0 Å². The lowest BCUT2D eigenvalue weighted by Crippen LogP contribution is -2.04. The lowest BCUT2D eigenvalue weighted by molar-refractivity contribution is 0.375. The third kappa shape index (κ3) is 6.95. The fourth-order valence-electron chi connectivity index (χ4n) is 4.03. The zero-order valence-electron chi connectivity index (χ0n) is 17.6. The second-order valence-electron chi connectivity index (χ2n) is 7.67. The Hall–Kier alpha value is -2.19. The Balaban J connectivity index is 1.60. The summed E-state index contributed by atoms with van der Waals surface area (Å²) in [4.78, 5) is 18.0. The molecule has 0 amide bonds. The summed E-state index contributed by atoms with van der Waals surface area (Å²) in [6.07, 6.45) is 6.74. The molecule has 3 nitrogen and oxygen atoms in total. The fraction of sp³-hybridized carbons (Fsp3) is 0.308. The summed E-state index contributed by atoms with van der Waals surface area (Å²) in [5, 5.41) is 0. The largest absolute Gasteiger partial charge is 0.427 e. The molecule has 0 saturated carbocycles. The third-order valence-electron chi connectivity index (χ3n) is 5.61. The minimum absolute atomic E-state index is 0.465. The summed E-state index contributed by atoms with van der Waals surface area (Å²) >= 11 is 0. The number of unbranched alkanes of at least 4 members (excludes halogenated alkanes) is 1. The molecule has 0 heterocycles.